The fraction of sp³-hybridized carbons (Fsp3) is 0.619. The Morgan fingerprint density at radius 2 is 1.75 bits per heavy atom. The van der Waals surface area contributed by atoms with Crippen LogP contribution in [0.15, 0.2) is 18.5 Å². The van der Waals surface area contributed by atoms with Crippen molar-refractivity contribution >= 4 is 11.7 Å². The van der Waals surface area contributed by atoms with Crippen molar-refractivity contribution in [2.45, 2.75) is 52.4 Å². The highest BCUT2D eigenvalue weighted by molar-refractivity contribution is 5.76. The van der Waals surface area contributed by atoms with E-state index in [1.807, 2.05) is 29.5 Å². The maximum atomic E-state index is 12.7. The largest absolute Gasteiger partial charge is 0.352 e. The average molecular weight is 383 g/mol. The van der Waals surface area contributed by atoms with E-state index in [-0.39, 0.29) is 0 Å². The first-order chi connectivity index (χ1) is 13.6. The van der Waals surface area contributed by atoms with E-state index in [9.17, 15) is 4.79 Å². The molecule has 1 aliphatic carbocycles. The van der Waals surface area contributed by atoms with Crippen molar-refractivity contribution in [2.75, 3.05) is 31.1 Å². The molecule has 0 radical (unpaired) electrons. The maximum Gasteiger partial charge on any atom is 0.222 e. The highest BCUT2D eigenvalue weighted by Crippen LogP contribution is 2.27. The molecule has 2 fully saturated rings. The van der Waals surface area contributed by atoms with Gasteiger partial charge in [-0.2, -0.15) is 5.10 Å². The van der Waals surface area contributed by atoms with Crippen molar-refractivity contribution in [3.05, 3.63) is 29.8 Å². The minimum Gasteiger partial charge on any atom is -0.352 e. The molecule has 0 spiro atoms. The lowest BCUT2D eigenvalue weighted by atomic mass is 9.86. The lowest BCUT2D eigenvalue weighted by molar-refractivity contribution is -0.132. The monoisotopic (exact) mass is 382 g/mol. The normalized spacial score (nSPS) is 18.5. The van der Waals surface area contributed by atoms with Crippen LogP contribution in [0.2, 0.25) is 0 Å². The summed E-state index contributed by atoms with van der Waals surface area (Å²) in [5.41, 5.74) is 2.01. The molecule has 1 saturated carbocycles. The number of carbonyl (C=O) groups is 1. The standard InChI is InChI=1S/C21H30N6O/c1-16-12-17(2)27(24-16)20-15-22-14-19(23-20)25-8-10-26(11-9-25)21(28)13-18-6-4-3-5-7-18/h12,14-15,18H,3-11,13H2,1-2H3. The summed E-state index contributed by atoms with van der Waals surface area (Å²) in [6.07, 6.45) is 10.6. The van der Waals surface area contributed by atoms with E-state index in [1.54, 1.807) is 12.4 Å². The fourth-order valence-electron chi connectivity index (χ4n) is 4.41. The second kappa shape index (κ2) is 8.29. The number of hydrogen-bond acceptors (Lipinski definition) is 5. The van der Waals surface area contributed by atoms with E-state index in [1.165, 1.54) is 32.1 Å². The molecule has 0 unspecified atom stereocenters. The number of rotatable bonds is 4. The Kier molecular flexibility index (Phi) is 5.59. The van der Waals surface area contributed by atoms with Crippen LogP contribution in [-0.4, -0.2) is 56.7 Å². The summed E-state index contributed by atoms with van der Waals surface area (Å²) in [5.74, 6) is 2.51. The summed E-state index contributed by atoms with van der Waals surface area (Å²) in [6, 6.07) is 2.03. The summed E-state index contributed by atoms with van der Waals surface area (Å²) in [5, 5.41) is 4.50. The second-order valence-corrected chi connectivity index (χ2v) is 8.15. The van der Waals surface area contributed by atoms with E-state index in [2.05, 4.69) is 15.0 Å². The molecule has 2 aromatic heterocycles. The summed E-state index contributed by atoms with van der Waals surface area (Å²) >= 11 is 0. The molecule has 28 heavy (non-hydrogen) atoms. The number of anilines is 1. The lowest BCUT2D eigenvalue weighted by Crippen LogP contribution is -2.49. The summed E-state index contributed by atoms with van der Waals surface area (Å²) in [7, 11) is 0. The molecule has 2 aliphatic rings. The zero-order valence-electron chi connectivity index (χ0n) is 17.0. The third-order valence-corrected chi connectivity index (χ3v) is 5.98. The van der Waals surface area contributed by atoms with E-state index >= 15 is 0 Å². The Labute approximate surface area is 166 Å². The quantitative estimate of drug-likeness (QED) is 0.813. The molecule has 1 saturated heterocycles. The zero-order valence-corrected chi connectivity index (χ0v) is 17.0. The van der Waals surface area contributed by atoms with Crippen molar-refractivity contribution < 1.29 is 4.79 Å². The van der Waals surface area contributed by atoms with Crippen molar-refractivity contribution in [3.63, 3.8) is 0 Å². The number of aryl methyl sites for hydroxylation is 2. The fourth-order valence-corrected chi connectivity index (χ4v) is 4.41. The van der Waals surface area contributed by atoms with E-state index in [0.29, 0.717) is 11.8 Å². The van der Waals surface area contributed by atoms with Gasteiger partial charge in [-0.25, -0.2) is 9.67 Å². The van der Waals surface area contributed by atoms with Crippen LogP contribution < -0.4 is 4.90 Å². The van der Waals surface area contributed by atoms with Gasteiger partial charge in [0.1, 0.15) is 5.82 Å². The van der Waals surface area contributed by atoms with E-state index in [4.69, 9.17) is 4.98 Å². The molecular formula is C21H30N6O. The Bertz CT molecular complexity index is 818. The van der Waals surface area contributed by atoms with E-state index in [0.717, 1.165) is 55.6 Å². The predicted molar refractivity (Wildman–Crippen MR) is 109 cm³/mol. The second-order valence-electron chi connectivity index (χ2n) is 8.15. The number of nitrogens with zero attached hydrogens (tertiary/aromatic N) is 6. The molecule has 4 rings (SSSR count). The van der Waals surface area contributed by atoms with Crippen LogP contribution in [0.25, 0.3) is 5.82 Å². The zero-order chi connectivity index (χ0) is 19.5. The molecule has 0 N–H and O–H groups in total. The molecule has 7 nitrogen and oxygen atoms in total. The Morgan fingerprint density at radius 3 is 2.43 bits per heavy atom. The summed E-state index contributed by atoms with van der Waals surface area (Å²) in [6.45, 7) is 7.11. The van der Waals surface area contributed by atoms with Crippen LogP contribution in [-0.2, 0) is 4.79 Å². The molecule has 3 heterocycles. The first-order valence-electron chi connectivity index (χ1n) is 10.5. The van der Waals surface area contributed by atoms with Crippen LogP contribution in [0.4, 0.5) is 5.82 Å². The Hall–Kier alpha value is -2.44. The Morgan fingerprint density at radius 1 is 1.04 bits per heavy atom. The van der Waals surface area contributed by atoms with Gasteiger partial charge < -0.3 is 9.80 Å². The van der Waals surface area contributed by atoms with E-state index < -0.39 is 0 Å². The van der Waals surface area contributed by atoms with Crippen LogP contribution >= 0.6 is 0 Å². The van der Waals surface area contributed by atoms with Crippen LogP contribution in [0, 0.1) is 19.8 Å². The van der Waals surface area contributed by atoms with Crippen LogP contribution in [0.5, 0.6) is 0 Å². The highest BCUT2D eigenvalue weighted by Gasteiger charge is 2.25. The number of carbonyl (C=O) groups excluding carboxylic acids is 1. The summed E-state index contributed by atoms with van der Waals surface area (Å²) < 4.78 is 1.83. The molecule has 0 atom stereocenters. The van der Waals surface area contributed by atoms with Crippen molar-refractivity contribution in [1.82, 2.24) is 24.6 Å². The van der Waals surface area contributed by atoms with Crippen LogP contribution in [0.3, 0.4) is 0 Å². The smallest absolute Gasteiger partial charge is 0.222 e. The maximum absolute atomic E-state index is 12.7. The first kappa shape index (κ1) is 18.9. The topological polar surface area (TPSA) is 67.2 Å². The number of aromatic nitrogens is 4. The van der Waals surface area contributed by atoms with Gasteiger partial charge >= 0.3 is 0 Å². The molecule has 1 amide bonds. The predicted octanol–water partition coefficient (Wildman–Crippen LogP) is 2.90. The Balaban J connectivity index is 1.36. The first-order valence-corrected chi connectivity index (χ1v) is 10.5. The molecular weight excluding hydrogens is 352 g/mol. The molecule has 150 valence electrons. The third-order valence-electron chi connectivity index (χ3n) is 5.98. The number of amides is 1. The minimum absolute atomic E-state index is 0.328. The van der Waals surface area contributed by atoms with Gasteiger partial charge in [0.2, 0.25) is 5.91 Å². The molecule has 0 aromatic carbocycles. The average Bonchev–Trinajstić information content (AvgIpc) is 3.07. The van der Waals surface area contributed by atoms with Gasteiger partial charge in [-0.05, 0) is 38.7 Å². The molecule has 2 aromatic rings. The molecule has 0 bridgehead atoms. The van der Waals surface area contributed by atoms with Gasteiger partial charge in [0.05, 0.1) is 18.1 Å². The van der Waals surface area contributed by atoms with Gasteiger partial charge in [0.25, 0.3) is 0 Å². The highest BCUT2D eigenvalue weighted by atomic mass is 16.2. The van der Waals surface area contributed by atoms with Gasteiger partial charge in [0, 0.05) is 38.3 Å². The number of piperazine rings is 1. The van der Waals surface area contributed by atoms with Gasteiger partial charge in [-0.15, -0.1) is 0 Å². The summed E-state index contributed by atoms with van der Waals surface area (Å²) in [4.78, 5) is 26.0. The molecule has 1 aliphatic heterocycles. The molecule has 7 heteroatoms. The number of hydrogen-bond donors (Lipinski definition) is 0. The van der Waals surface area contributed by atoms with Crippen molar-refractivity contribution in [1.29, 1.82) is 0 Å². The van der Waals surface area contributed by atoms with Gasteiger partial charge in [0.15, 0.2) is 5.82 Å². The lowest BCUT2D eigenvalue weighted by Gasteiger charge is -2.36. The van der Waals surface area contributed by atoms with Gasteiger partial charge in [-0.1, -0.05) is 19.3 Å². The SMILES string of the molecule is Cc1cc(C)n(-c2cncc(N3CCN(C(=O)CC4CCCCC4)CC3)n2)n1. The van der Waals surface area contributed by atoms with Crippen molar-refractivity contribution in [2.24, 2.45) is 5.92 Å². The minimum atomic E-state index is 0.328. The van der Waals surface area contributed by atoms with Gasteiger partial charge in [-0.3, -0.25) is 9.78 Å². The van der Waals surface area contributed by atoms with Crippen molar-refractivity contribution in [3.8, 4) is 5.82 Å². The third kappa shape index (κ3) is 4.18. The van der Waals surface area contributed by atoms with Crippen LogP contribution in [0.1, 0.15) is 49.9 Å².